The summed E-state index contributed by atoms with van der Waals surface area (Å²) in [4.78, 5) is 0. The van der Waals surface area contributed by atoms with Gasteiger partial charge in [-0.25, -0.2) is 0 Å². The lowest BCUT2D eigenvalue weighted by molar-refractivity contribution is 1.46. The van der Waals surface area contributed by atoms with E-state index in [4.69, 9.17) is 0 Å². The minimum atomic E-state index is 0.486. The quantitative estimate of drug-likeness (QED) is 0.627. The highest BCUT2D eigenvalue weighted by molar-refractivity contribution is 8.15. The van der Waals surface area contributed by atoms with E-state index in [0.717, 1.165) is 0 Å². The summed E-state index contributed by atoms with van der Waals surface area (Å²) in [6.45, 7) is 4.51. The van der Waals surface area contributed by atoms with Crippen molar-refractivity contribution in [2.75, 3.05) is 11.5 Å². The van der Waals surface area contributed by atoms with Gasteiger partial charge in [-0.1, -0.05) is 44.2 Å². The van der Waals surface area contributed by atoms with Gasteiger partial charge in [0.05, 0.1) is 0 Å². The molecule has 1 heteroatoms. The molecule has 0 atom stereocenters. The molecule has 0 aromatic heterocycles. The van der Waals surface area contributed by atoms with Crippen molar-refractivity contribution in [3.63, 3.8) is 0 Å². The molecule has 0 saturated carbocycles. The van der Waals surface area contributed by atoms with Gasteiger partial charge in [0, 0.05) is 0 Å². The molecule has 0 spiro atoms. The van der Waals surface area contributed by atoms with Crippen LogP contribution in [0.15, 0.2) is 30.3 Å². The summed E-state index contributed by atoms with van der Waals surface area (Å²) in [5.74, 6) is 2.54. The molecule has 0 aliphatic heterocycles. The van der Waals surface area contributed by atoms with E-state index in [2.05, 4.69) is 49.5 Å². The van der Waals surface area contributed by atoms with Crippen LogP contribution in [0, 0.1) is 0 Å². The highest BCUT2D eigenvalue weighted by Crippen LogP contribution is 2.11. The van der Waals surface area contributed by atoms with Crippen molar-refractivity contribution in [2.45, 2.75) is 13.8 Å². The third-order valence-corrected chi connectivity index (χ3v) is 3.93. The van der Waals surface area contributed by atoms with Crippen molar-refractivity contribution in [1.82, 2.24) is 0 Å². The largest absolute Gasteiger partial charge is 0.186 e. The molecule has 1 rings (SSSR count). The summed E-state index contributed by atoms with van der Waals surface area (Å²) in [6.07, 6.45) is 0. The van der Waals surface area contributed by atoms with Crippen LogP contribution in [0.2, 0.25) is 0 Å². The minimum absolute atomic E-state index is 0.486. The van der Waals surface area contributed by atoms with Gasteiger partial charge >= 0.3 is 0 Å². The van der Waals surface area contributed by atoms with Crippen LogP contribution in [0.5, 0.6) is 0 Å². The van der Waals surface area contributed by atoms with Crippen LogP contribution in [0.25, 0.3) is 0 Å². The van der Waals surface area contributed by atoms with Crippen molar-refractivity contribution in [3.8, 4) is 0 Å². The lowest BCUT2D eigenvalue weighted by Crippen LogP contribution is -1.85. The van der Waals surface area contributed by atoms with Crippen LogP contribution in [-0.2, 0) is 0 Å². The average molecular weight is 180 g/mol. The standard InChI is InChI=1S/C11H16S/c1-3-12(4-2)10-11-8-6-5-7-9-11/h5-10H,3-4H2,1-2H3. The van der Waals surface area contributed by atoms with Crippen molar-refractivity contribution in [2.24, 2.45) is 0 Å². The van der Waals surface area contributed by atoms with Gasteiger partial charge in [0.2, 0.25) is 0 Å². The Hall–Kier alpha value is -0.560. The lowest BCUT2D eigenvalue weighted by atomic mass is 10.2. The van der Waals surface area contributed by atoms with Crippen molar-refractivity contribution < 1.29 is 0 Å². The van der Waals surface area contributed by atoms with Gasteiger partial charge in [0.25, 0.3) is 0 Å². The Kier molecular flexibility index (Phi) is 4.09. The Labute approximate surface area is 77.6 Å². The minimum Gasteiger partial charge on any atom is -0.186 e. The summed E-state index contributed by atoms with van der Waals surface area (Å²) in [7, 11) is 0.486. The first kappa shape index (κ1) is 9.53. The molecule has 1 aromatic carbocycles. The van der Waals surface area contributed by atoms with E-state index in [-0.39, 0.29) is 0 Å². The molecule has 0 saturated heterocycles. The van der Waals surface area contributed by atoms with E-state index in [1.807, 2.05) is 0 Å². The third kappa shape index (κ3) is 2.82. The normalized spacial score (nSPS) is 10.2. The second-order valence-corrected chi connectivity index (χ2v) is 5.11. The van der Waals surface area contributed by atoms with Gasteiger partial charge < -0.3 is 0 Å². The van der Waals surface area contributed by atoms with Crippen molar-refractivity contribution >= 4 is 15.9 Å². The van der Waals surface area contributed by atoms with Crippen LogP contribution in [0.4, 0.5) is 0 Å². The Morgan fingerprint density at radius 3 is 2.17 bits per heavy atom. The molecule has 0 amide bonds. The van der Waals surface area contributed by atoms with Crippen LogP contribution < -0.4 is 0 Å². The number of hydrogen-bond donors (Lipinski definition) is 0. The Morgan fingerprint density at radius 2 is 1.67 bits per heavy atom. The first-order valence-corrected chi connectivity index (χ1v) is 6.05. The second kappa shape index (κ2) is 5.15. The summed E-state index contributed by atoms with van der Waals surface area (Å²) in [6, 6.07) is 10.6. The predicted molar refractivity (Wildman–Crippen MR) is 60.3 cm³/mol. The van der Waals surface area contributed by atoms with Crippen LogP contribution >= 0.6 is 10.5 Å². The molecule has 0 unspecified atom stereocenters. The molecule has 0 N–H and O–H groups in total. The molecule has 0 aliphatic carbocycles. The average Bonchev–Trinajstić information content (AvgIpc) is 2.16. The predicted octanol–water partition coefficient (Wildman–Crippen LogP) is 3.15. The molecule has 0 bridgehead atoms. The van der Waals surface area contributed by atoms with Crippen molar-refractivity contribution in [3.05, 3.63) is 35.9 Å². The van der Waals surface area contributed by atoms with E-state index in [1.54, 1.807) is 0 Å². The van der Waals surface area contributed by atoms with Gasteiger partial charge in [-0.05, 0) is 22.4 Å². The van der Waals surface area contributed by atoms with E-state index in [0.29, 0.717) is 10.5 Å². The Balaban J connectivity index is 2.79. The van der Waals surface area contributed by atoms with Crippen LogP contribution in [0.1, 0.15) is 19.4 Å². The fourth-order valence-electron chi connectivity index (χ4n) is 1.09. The fourth-order valence-corrected chi connectivity index (χ4v) is 2.38. The summed E-state index contributed by atoms with van der Waals surface area (Å²) < 4.78 is 0. The Bertz CT molecular complexity index is 243. The maximum atomic E-state index is 2.39. The van der Waals surface area contributed by atoms with Gasteiger partial charge in [0.1, 0.15) is 0 Å². The topological polar surface area (TPSA) is 0 Å². The number of benzene rings is 1. The zero-order valence-corrected chi connectivity index (χ0v) is 8.60. The first-order valence-electron chi connectivity index (χ1n) is 4.43. The lowest BCUT2D eigenvalue weighted by Gasteiger charge is -2.01. The zero-order chi connectivity index (χ0) is 8.81. The van der Waals surface area contributed by atoms with Gasteiger partial charge in [0.15, 0.2) is 0 Å². The van der Waals surface area contributed by atoms with E-state index in [9.17, 15) is 0 Å². The van der Waals surface area contributed by atoms with Gasteiger partial charge in [-0.3, -0.25) is 0 Å². The van der Waals surface area contributed by atoms with E-state index in [1.165, 1.54) is 17.1 Å². The van der Waals surface area contributed by atoms with Crippen LogP contribution in [0.3, 0.4) is 0 Å². The van der Waals surface area contributed by atoms with Crippen LogP contribution in [-0.4, -0.2) is 16.9 Å². The van der Waals surface area contributed by atoms with Crippen molar-refractivity contribution in [1.29, 1.82) is 0 Å². The molecular formula is C11H16S. The SMILES string of the molecule is CCS(=Cc1ccccc1)CC. The molecule has 0 aliphatic rings. The smallest absolute Gasteiger partial charge is 0.0146 e. The molecule has 1 aromatic rings. The fraction of sp³-hybridized carbons (Fsp3) is 0.364. The maximum absolute atomic E-state index is 2.39. The Morgan fingerprint density at radius 1 is 1.08 bits per heavy atom. The maximum Gasteiger partial charge on any atom is -0.0146 e. The molecule has 0 heterocycles. The molecular weight excluding hydrogens is 164 g/mol. The highest BCUT2D eigenvalue weighted by atomic mass is 32.2. The molecule has 0 fully saturated rings. The zero-order valence-electron chi connectivity index (χ0n) is 7.79. The molecule has 12 heavy (non-hydrogen) atoms. The van der Waals surface area contributed by atoms with Gasteiger partial charge in [-0.2, -0.15) is 10.5 Å². The highest BCUT2D eigenvalue weighted by Gasteiger charge is 1.88. The molecule has 0 nitrogen and oxygen atoms in total. The summed E-state index contributed by atoms with van der Waals surface area (Å²) in [5, 5.41) is 2.39. The number of hydrogen-bond acceptors (Lipinski definition) is 0. The van der Waals surface area contributed by atoms with Gasteiger partial charge in [-0.15, -0.1) is 0 Å². The van der Waals surface area contributed by atoms with E-state index >= 15 is 0 Å². The molecule has 66 valence electrons. The molecule has 0 radical (unpaired) electrons. The third-order valence-electron chi connectivity index (χ3n) is 1.84. The van der Waals surface area contributed by atoms with E-state index < -0.39 is 0 Å². The monoisotopic (exact) mass is 180 g/mol. The summed E-state index contributed by atoms with van der Waals surface area (Å²) in [5.41, 5.74) is 1.37. The second-order valence-electron chi connectivity index (χ2n) is 2.64. The first-order chi connectivity index (χ1) is 5.86. The summed E-state index contributed by atoms with van der Waals surface area (Å²) >= 11 is 0. The number of rotatable bonds is 3.